The summed E-state index contributed by atoms with van der Waals surface area (Å²) in [4.78, 5) is 44.1. The molecule has 3 N–H and O–H groups in total. The van der Waals surface area contributed by atoms with E-state index in [0.717, 1.165) is 32.1 Å². The molecule has 196 valence electrons. The highest BCUT2D eigenvalue weighted by molar-refractivity contribution is 5.99. The standard InChI is InChI=1S/C27H43N3O5/c1-5-7-14-28-25(32)20(4)17-24(31)23-16-19(3)11-8-9-15-35-30(6-2)27(34)22-13-10-12-21(18-22)26(33)29-23/h10,12-13,18-20,23-24,31H,5-9,11,14-17H2,1-4H3,(H,28,32)(H,29,33)/t19-,20?,23?,24?/m1/s1. The maximum absolute atomic E-state index is 13.1. The molecule has 0 spiro atoms. The number of unbranched alkanes of at least 4 members (excludes halogenated alkanes) is 1. The molecule has 2 rings (SSSR count). The van der Waals surface area contributed by atoms with Crippen LogP contribution in [-0.4, -0.2) is 59.7 Å². The van der Waals surface area contributed by atoms with E-state index in [9.17, 15) is 19.5 Å². The number of hydrogen-bond acceptors (Lipinski definition) is 5. The van der Waals surface area contributed by atoms with Crippen molar-refractivity contribution in [2.75, 3.05) is 19.7 Å². The molecular weight excluding hydrogens is 446 g/mol. The van der Waals surface area contributed by atoms with Crippen LogP contribution in [0.4, 0.5) is 0 Å². The normalized spacial score (nSPS) is 21.9. The summed E-state index contributed by atoms with van der Waals surface area (Å²) in [7, 11) is 0. The molecule has 8 nitrogen and oxygen atoms in total. The molecule has 3 unspecified atom stereocenters. The number of amides is 3. The van der Waals surface area contributed by atoms with Crippen molar-refractivity contribution in [1.29, 1.82) is 0 Å². The van der Waals surface area contributed by atoms with Crippen LogP contribution in [0.1, 0.15) is 93.4 Å². The molecule has 3 amide bonds. The molecule has 8 heteroatoms. The first-order chi connectivity index (χ1) is 16.8. The number of fused-ring (bicyclic) bond motifs is 2. The number of nitrogens with zero attached hydrogens (tertiary/aromatic N) is 1. The van der Waals surface area contributed by atoms with Crippen LogP contribution >= 0.6 is 0 Å². The summed E-state index contributed by atoms with van der Waals surface area (Å²) in [5.74, 6) is -0.840. The quantitative estimate of drug-likeness (QED) is 0.483. The van der Waals surface area contributed by atoms with E-state index < -0.39 is 12.1 Å². The molecule has 35 heavy (non-hydrogen) atoms. The van der Waals surface area contributed by atoms with Gasteiger partial charge in [-0.05, 0) is 56.7 Å². The van der Waals surface area contributed by atoms with Gasteiger partial charge in [0.25, 0.3) is 11.8 Å². The number of hydrogen-bond donors (Lipinski definition) is 3. The molecule has 1 aliphatic rings. The van der Waals surface area contributed by atoms with E-state index in [1.165, 1.54) is 5.06 Å². The summed E-state index contributed by atoms with van der Waals surface area (Å²) >= 11 is 0. The highest BCUT2D eigenvalue weighted by Gasteiger charge is 2.28. The van der Waals surface area contributed by atoms with Gasteiger partial charge in [0, 0.05) is 30.1 Å². The Morgan fingerprint density at radius 1 is 1.26 bits per heavy atom. The minimum absolute atomic E-state index is 0.0827. The average molecular weight is 490 g/mol. The van der Waals surface area contributed by atoms with Gasteiger partial charge in [0.05, 0.1) is 18.8 Å². The Morgan fingerprint density at radius 3 is 2.71 bits per heavy atom. The fourth-order valence-corrected chi connectivity index (χ4v) is 4.31. The number of carbonyl (C=O) groups excluding carboxylic acids is 3. The summed E-state index contributed by atoms with van der Waals surface area (Å²) in [6.07, 6.45) is 4.52. The number of rotatable bonds is 8. The van der Waals surface area contributed by atoms with Crippen molar-refractivity contribution in [3.63, 3.8) is 0 Å². The summed E-state index contributed by atoms with van der Waals surface area (Å²) in [5.41, 5.74) is 0.717. The largest absolute Gasteiger partial charge is 0.391 e. The zero-order valence-corrected chi connectivity index (χ0v) is 21.7. The highest BCUT2D eigenvalue weighted by Crippen LogP contribution is 2.21. The van der Waals surface area contributed by atoms with E-state index in [-0.39, 0.29) is 36.0 Å². The van der Waals surface area contributed by atoms with Crippen molar-refractivity contribution >= 4 is 17.7 Å². The van der Waals surface area contributed by atoms with Gasteiger partial charge in [0.2, 0.25) is 5.91 Å². The van der Waals surface area contributed by atoms with E-state index in [1.807, 2.05) is 6.92 Å². The molecule has 0 saturated carbocycles. The summed E-state index contributed by atoms with van der Waals surface area (Å²) in [6.45, 7) is 9.30. The molecule has 0 radical (unpaired) electrons. The van der Waals surface area contributed by atoms with Crippen molar-refractivity contribution in [2.45, 2.75) is 84.8 Å². The van der Waals surface area contributed by atoms with Crippen molar-refractivity contribution in [1.82, 2.24) is 15.7 Å². The lowest BCUT2D eigenvalue weighted by Gasteiger charge is -2.28. The predicted molar refractivity (Wildman–Crippen MR) is 136 cm³/mol. The zero-order chi connectivity index (χ0) is 25.8. The van der Waals surface area contributed by atoms with Crippen molar-refractivity contribution in [2.24, 2.45) is 11.8 Å². The van der Waals surface area contributed by atoms with E-state index in [1.54, 1.807) is 31.2 Å². The van der Waals surface area contributed by atoms with Gasteiger partial charge < -0.3 is 15.7 Å². The van der Waals surface area contributed by atoms with Gasteiger partial charge in [-0.25, -0.2) is 5.06 Å². The number of hydroxylamine groups is 2. The Bertz CT molecular complexity index is 831. The third kappa shape index (κ3) is 9.26. The molecule has 2 bridgehead atoms. The van der Waals surface area contributed by atoms with Gasteiger partial charge in [0.15, 0.2) is 0 Å². The minimum atomic E-state index is -0.868. The molecule has 0 aliphatic carbocycles. The minimum Gasteiger partial charge on any atom is -0.391 e. The predicted octanol–water partition coefficient (Wildman–Crippen LogP) is 3.69. The fraction of sp³-hybridized carbons (Fsp3) is 0.667. The molecular formula is C27H43N3O5. The first-order valence-electron chi connectivity index (χ1n) is 13.1. The summed E-state index contributed by atoms with van der Waals surface area (Å²) in [6, 6.07) is 6.04. The van der Waals surface area contributed by atoms with Crippen LogP contribution in [0, 0.1) is 11.8 Å². The molecule has 0 fully saturated rings. The van der Waals surface area contributed by atoms with Gasteiger partial charge in [-0.1, -0.05) is 46.1 Å². The van der Waals surface area contributed by atoms with Gasteiger partial charge in [-0.2, -0.15) is 0 Å². The molecule has 0 saturated heterocycles. The van der Waals surface area contributed by atoms with Crippen LogP contribution in [0.2, 0.25) is 0 Å². The van der Waals surface area contributed by atoms with Crippen LogP contribution in [0.15, 0.2) is 24.3 Å². The number of nitrogens with one attached hydrogen (secondary N) is 2. The average Bonchev–Trinajstić information content (AvgIpc) is 2.85. The Labute approximate surface area is 209 Å². The first kappa shape index (κ1) is 28.8. The number of benzene rings is 1. The smallest absolute Gasteiger partial charge is 0.277 e. The Morgan fingerprint density at radius 2 is 2.00 bits per heavy atom. The number of aliphatic hydroxyl groups is 1. The van der Waals surface area contributed by atoms with Crippen molar-refractivity contribution in [3.8, 4) is 0 Å². The van der Waals surface area contributed by atoms with E-state index in [4.69, 9.17) is 4.84 Å². The second kappa shape index (κ2) is 14.8. The molecule has 0 aromatic heterocycles. The van der Waals surface area contributed by atoms with Crippen LogP contribution < -0.4 is 10.6 Å². The fourth-order valence-electron chi connectivity index (χ4n) is 4.31. The molecule has 1 heterocycles. The van der Waals surface area contributed by atoms with Crippen LogP contribution in [-0.2, 0) is 9.63 Å². The first-order valence-corrected chi connectivity index (χ1v) is 13.1. The monoisotopic (exact) mass is 489 g/mol. The maximum Gasteiger partial charge on any atom is 0.277 e. The van der Waals surface area contributed by atoms with Gasteiger partial charge >= 0.3 is 0 Å². The Hall–Kier alpha value is -2.45. The van der Waals surface area contributed by atoms with E-state index in [2.05, 4.69) is 24.5 Å². The lowest BCUT2D eigenvalue weighted by atomic mass is 9.89. The van der Waals surface area contributed by atoms with Crippen LogP contribution in [0.5, 0.6) is 0 Å². The van der Waals surface area contributed by atoms with E-state index in [0.29, 0.717) is 37.2 Å². The Balaban J connectivity index is 2.20. The number of aliphatic hydroxyl groups excluding tert-OH is 1. The van der Waals surface area contributed by atoms with Gasteiger partial charge in [-0.15, -0.1) is 0 Å². The zero-order valence-electron chi connectivity index (χ0n) is 21.7. The highest BCUT2D eigenvalue weighted by atomic mass is 16.7. The molecule has 1 aromatic rings. The second-order valence-corrected chi connectivity index (χ2v) is 9.68. The summed E-state index contributed by atoms with van der Waals surface area (Å²) < 4.78 is 0. The lowest BCUT2D eigenvalue weighted by Crippen LogP contribution is -2.46. The third-order valence-corrected chi connectivity index (χ3v) is 6.53. The second-order valence-electron chi connectivity index (χ2n) is 9.68. The molecule has 1 aliphatic heterocycles. The molecule has 4 atom stereocenters. The van der Waals surface area contributed by atoms with Crippen LogP contribution in [0.3, 0.4) is 0 Å². The third-order valence-electron chi connectivity index (χ3n) is 6.53. The summed E-state index contributed by atoms with van der Waals surface area (Å²) in [5, 5.41) is 18.3. The maximum atomic E-state index is 13.1. The van der Waals surface area contributed by atoms with Crippen LogP contribution in [0.25, 0.3) is 0 Å². The Kier molecular flexibility index (Phi) is 12.2. The van der Waals surface area contributed by atoms with Crippen molar-refractivity contribution in [3.05, 3.63) is 35.4 Å². The van der Waals surface area contributed by atoms with E-state index >= 15 is 0 Å². The number of carbonyl (C=O) groups is 3. The topological polar surface area (TPSA) is 108 Å². The van der Waals surface area contributed by atoms with Gasteiger partial charge in [-0.3, -0.25) is 19.2 Å². The lowest BCUT2D eigenvalue weighted by molar-refractivity contribution is -0.125. The van der Waals surface area contributed by atoms with Gasteiger partial charge in [0.1, 0.15) is 0 Å². The SMILES string of the molecule is CCCCNC(=O)C(C)CC(O)C1C[C@H](C)CCCCON(CC)C(=O)c2cccc(c2)C(=O)N1. The molecule has 1 aromatic carbocycles. The van der Waals surface area contributed by atoms with Crippen molar-refractivity contribution < 1.29 is 24.3 Å².